The standard InChI is InChI=1S/C26H18BrClN2O7/c1-34-21-9-15(18(27)11-23(21)35-12-14-4-2-3-5-19(14)28)8-17-24(31)29-26(33)30(25(17)32)16-6-7-20-22(10-16)37-13-36-20/h2-11H,12-13H2,1H3,(H,29,31,33)/b17-8+. The fourth-order valence-corrected chi connectivity index (χ4v) is 4.40. The summed E-state index contributed by atoms with van der Waals surface area (Å²) in [5.74, 6) is 0.0608. The van der Waals surface area contributed by atoms with E-state index in [2.05, 4.69) is 21.2 Å². The number of barbiturate groups is 1. The van der Waals surface area contributed by atoms with Gasteiger partial charge in [0.1, 0.15) is 12.2 Å². The molecule has 1 fully saturated rings. The number of carbonyl (C=O) groups excluding carboxylic acids is 3. The second-order valence-corrected chi connectivity index (χ2v) is 9.16. The van der Waals surface area contributed by atoms with Crippen molar-refractivity contribution in [2.45, 2.75) is 6.61 Å². The lowest BCUT2D eigenvalue weighted by Crippen LogP contribution is -2.54. The molecule has 4 amide bonds. The maximum atomic E-state index is 13.3. The molecule has 0 radical (unpaired) electrons. The van der Waals surface area contributed by atoms with Gasteiger partial charge in [0.2, 0.25) is 6.79 Å². The van der Waals surface area contributed by atoms with Gasteiger partial charge in [-0.25, -0.2) is 9.69 Å². The molecule has 0 aliphatic carbocycles. The summed E-state index contributed by atoms with van der Waals surface area (Å²) < 4.78 is 22.5. The summed E-state index contributed by atoms with van der Waals surface area (Å²) in [5, 5.41) is 2.78. The number of fused-ring (bicyclic) bond motifs is 1. The fraction of sp³-hybridized carbons (Fsp3) is 0.115. The highest BCUT2D eigenvalue weighted by atomic mass is 79.9. The summed E-state index contributed by atoms with van der Waals surface area (Å²) in [6.07, 6.45) is 1.37. The van der Waals surface area contributed by atoms with Crippen LogP contribution in [0, 0.1) is 0 Å². The largest absolute Gasteiger partial charge is 0.493 e. The van der Waals surface area contributed by atoms with Crippen LogP contribution < -0.4 is 29.2 Å². The Balaban J connectivity index is 1.44. The van der Waals surface area contributed by atoms with Crippen LogP contribution in [0.2, 0.25) is 5.02 Å². The van der Waals surface area contributed by atoms with E-state index in [9.17, 15) is 14.4 Å². The lowest BCUT2D eigenvalue weighted by atomic mass is 10.1. The van der Waals surface area contributed by atoms with Gasteiger partial charge in [-0.1, -0.05) is 45.7 Å². The predicted molar refractivity (Wildman–Crippen MR) is 138 cm³/mol. The minimum absolute atomic E-state index is 0.0382. The molecular weight excluding hydrogens is 568 g/mol. The molecule has 188 valence electrons. The number of anilines is 1. The zero-order valence-electron chi connectivity index (χ0n) is 19.2. The second kappa shape index (κ2) is 10.2. The molecule has 1 N–H and O–H groups in total. The molecule has 0 saturated carbocycles. The molecule has 0 atom stereocenters. The van der Waals surface area contributed by atoms with Crippen LogP contribution in [0.4, 0.5) is 10.5 Å². The van der Waals surface area contributed by atoms with E-state index in [-0.39, 0.29) is 24.7 Å². The quantitative estimate of drug-likeness (QED) is 0.318. The molecule has 0 spiro atoms. The minimum Gasteiger partial charge on any atom is -0.493 e. The van der Waals surface area contributed by atoms with Crippen molar-refractivity contribution in [3.05, 3.63) is 80.8 Å². The smallest absolute Gasteiger partial charge is 0.335 e. The van der Waals surface area contributed by atoms with Crippen molar-refractivity contribution in [2.75, 3.05) is 18.8 Å². The monoisotopic (exact) mass is 584 g/mol. The SMILES string of the molecule is COc1cc(/C=C2\C(=O)NC(=O)N(c3ccc4c(c3)OCO4)C2=O)c(Br)cc1OCc1ccccc1Cl. The molecule has 2 aliphatic rings. The molecular formula is C26H18BrClN2O7. The van der Waals surface area contributed by atoms with Crippen LogP contribution in [0.3, 0.4) is 0 Å². The van der Waals surface area contributed by atoms with Crippen molar-refractivity contribution in [2.24, 2.45) is 0 Å². The molecule has 0 unspecified atom stereocenters. The first-order valence-electron chi connectivity index (χ1n) is 10.9. The molecule has 0 bridgehead atoms. The van der Waals surface area contributed by atoms with Crippen LogP contribution in [0.15, 0.2) is 64.6 Å². The number of hydrogen-bond donors (Lipinski definition) is 1. The molecule has 2 heterocycles. The molecule has 3 aromatic carbocycles. The molecule has 3 aromatic rings. The number of benzene rings is 3. The maximum Gasteiger partial charge on any atom is 0.335 e. The van der Waals surface area contributed by atoms with Crippen molar-refractivity contribution >= 4 is 57.1 Å². The van der Waals surface area contributed by atoms with Gasteiger partial charge in [0.25, 0.3) is 11.8 Å². The Morgan fingerprint density at radius 2 is 1.84 bits per heavy atom. The number of nitrogens with zero attached hydrogens (tertiary/aromatic N) is 1. The lowest BCUT2D eigenvalue weighted by Gasteiger charge is -2.26. The normalized spacial score (nSPS) is 15.7. The Hall–Kier alpha value is -4.02. The van der Waals surface area contributed by atoms with Crippen molar-refractivity contribution in [3.8, 4) is 23.0 Å². The van der Waals surface area contributed by atoms with E-state index in [1.165, 1.54) is 25.3 Å². The number of imide groups is 2. The van der Waals surface area contributed by atoms with Crippen LogP contribution >= 0.6 is 27.5 Å². The van der Waals surface area contributed by atoms with Crippen molar-refractivity contribution in [1.29, 1.82) is 0 Å². The number of halogens is 2. The van der Waals surface area contributed by atoms with Crippen molar-refractivity contribution < 1.29 is 33.3 Å². The number of methoxy groups -OCH3 is 1. The van der Waals surface area contributed by atoms with Gasteiger partial charge in [0.15, 0.2) is 23.0 Å². The molecule has 37 heavy (non-hydrogen) atoms. The molecule has 1 saturated heterocycles. The van der Waals surface area contributed by atoms with Gasteiger partial charge >= 0.3 is 6.03 Å². The summed E-state index contributed by atoms with van der Waals surface area (Å²) in [4.78, 5) is 39.3. The lowest BCUT2D eigenvalue weighted by molar-refractivity contribution is -0.122. The number of carbonyl (C=O) groups is 3. The summed E-state index contributed by atoms with van der Waals surface area (Å²) in [6.45, 7) is 0.243. The van der Waals surface area contributed by atoms with Crippen LogP contribution in [0.1, 0.15) is 11.1 Å². The van der Waals surface area contributed by atoms with E-state index in [1.54, 1.807) is 24.3 Å². The third kappa shape index (κ3) is 4.85. The van der Waals surface area contributed by atoms with Gasteiger partial charge in [0.05, 0.1) is 12.8 Å². The van der Waals surface area contributed by atoms with E-state index >= 15 is 0 Å². The van der Waals surface area contributed by atoms with Crippen LogP contribution in [-0.4, -0.2) is 31.7 Å². The summed E-state index contributed by atoms with van der Waals surface area (Å²) in [5.41, 5.74) is 1.24. The van der Waals surface area contributed by atoms with E-state index in [0.717, 1.165) is 10.5 Å². The summed E-state index contributed by atoms with van der Waals surface area (Å²) >= 11 is 9.67. The fourth-order valence-electron chi connectivity index (χ4n) is 3.78. The second-order valence-electron chi connectivity index (χ2n) is 7.90. The summed E-state index contributed by atoms with van der Waals surface area (Å²) in [7, 11) is 1.47. The molecule has 5 rings (SSSR count). The Morgan fingerprint density at radius 3 is 2.62 bits per heavy atom. The van der Waals surface area contributed by atoms with Crippen LogP contribution in [0.5, 0.6) is 23.0 Å². The number of nitrogens with one attached hydrogen (secondary N) is 1. The van der Waals surface area contributed by atoms with Gasteiger partial charge in [-0.15, -0.1) is 0 Å². The molecule has 9 nitrogen and oxygen atoms in total. The average Bonchev–Trinajstić information content (AvgIpc) is 3.35. The van der Waals surface area contributed by atoms with E-state index < -0.39 is 17.8 Å². The highest BCUT2D eigenvalue weighted by molar-refractivity contribution is 9.10. The number of rotatable bonds is 6. The molecule has 2 aliphatic heterocycles. The first kappa shape index (κ1) is 24.7. The topological polar surface area (TPSA) is 103 Å². The van der Waals surface area contributed by atoms with E-state index in [4.69, 9.17) is 30.5 Å². The van der Waals surface area contributed by atoms with E-state index in [0.29, 0.717) is 38.1 Å². The Labute approximate surface area is 224 Å². The third-order valence-corrected chi connectivity index (χ3v) is 6.70. The third-order valence-electron chi connectivity index (χ3n) is 5.64. The maximum absolute atomic E-state index is 13.3. The number of hydrogen-bond acceptors (Lipinski definition) is 7. The Morgan fingerprint density at radius 1 is 1.05 bits per heavy atom. The Bertz CT molecular complexity index is 1470. The molecule has 0 aromatic heterocycles. The number of amides is 4. The Kier molecular flexibility index (Phi) is 6.77. The van der Waals surface area contributed by atoms with Crippen LogP contribution in [-0.2, 0) is 16.2 Å². The highest BCUT2D eigenvalue weighted by Crippen LogP contribution is 2.38. The first-order chi connectivity index (χ1) is 17.9. The van der Waals surface area contributed by atoms with Gasteiger partial charge in [0, 0.05) is 21.1 Å². The molecule has 11 heteroatoms. The van der Waals surface area contributed by atoms with Crippen LogP contribution in [0.25, 0.3) is 6.08 Å². The van der Waals surface area contributed by atoms with Gasteiger partial charge < -0.3 is 18.9 Å². The number of urea groups is 1. The minimum atomic E-state index is -0.869. The van der Waals surface area contributed by atoms with Crippen molar-refractivity contribution in [3.63, 3.8) is 0 Å². The zero-order chi connectivity index (χ0) is 26.1. The van der Waals surface area contributed by atoms with E-state index in [1.807, 2.05) is 18.2 Å². The van der Waals surface area contributed by atoms with Gasteiger partial charge in [-0.2, -0.15) is 0 Å². The summed E-state index contributed by atoms with van der Waals surface area (Å²) in [6, 6.07) is 14.3. The predicted octanol–water partition coefficient (Wildman–Crippen LogP) is 5.09. The zero-order valence-corrected chi connectivity index (χ0v) is 21.6. The van der Waals surface area contributed by atoms with Gasteiger partial charge in [-0.05, 0) is 42.0 Å². The number of ether oxygens (including phenoxy) is 4. The van der Waals surface area contributed by atoms with Crippen molar-refractivity contribution in [1.82, 2.24) is 5.32 Å². The highest BCUT2D eigenvalue weighted by Gasteiger charge is 2.37. The average molecular weight is 586 g/mol. The van der Waals surface area contributed by atoms with Gasteiger partial charge in [-0.3, -0.25) is 14.9 Å². The first-order valence-corrected chi connectivity index (χ1v) is 12.1.